The summed E-state index contributed by atoms with van der Waals surface area (Å²) in [7, 11) is -2.53. The number of ether oxygens (including phenoxy) is 1. The minimum atomic E-state index is -4.04. The quantitative estimate of drug-likeness (QED) is 0.491. The zero-order valence-corrected chi connectivity index (χ0v) is 21.3. The van der Waals surface area contributed by atoms with Crippen LogP contribution in [0.3, 0.4) is 0 Å². The van der Waals surface area contributed by atoms with E-state index >= 15 is 0 Å². The van der Waals surface area contributed by atoms with Gasteiger partial charge in [0.1, 0.15) is 12.3 Å². The third-order valence-electron chi connectivity index (χ3n) is 6.10. The van der Waals surface area contributed by atoms with Gasteiger partial charge in [-0.2, -0.15) is 0 Å². The molecule has 1 saturated heterocycles. The molecule has 9 heteroatoms. The zero-order valence-electron chi connectivity index (χ0n) is 20.5. The van der Waals surface area contributed by atoms with E-state index in [1.54, 1.807) is 59.5 Å². The summed E-state index contributed by atoms with van der Waals surface area (Å²) in [6.45, 7) is 4.05. The van der Waals surface area contributed by atoms with Crippen molar-refractivity contribution in [2.24, 2.45) is 0 Å². The molecule has 1 N–H and O–H groups in total. The summed E-state index contributed by atoms with van der Waals surface area (Å²) in [4.78, 5) is 26.9. The van der Waals surface area contributed by atoms with Crippen molar-refractivity contribution in [3.63, 3.8) is 0 Å². The molecular weight excluding hydrogens is 478 g/mol. The van der Waals surface area contributed by atoms with Crippen molar-refractivity contribution in [3.8, 4) is 5.75 Å². The fraction of sp³-hybridized carbons (Fsp3) is 0.259. The van der Waals surface area contributed by atoms with Gasteiger partial charge in [0.25, 0.3) is 10.0 Å². The molecule has 1 heterocycles. The molecule has 4 rings (SSSR count). The lowest BCUT2D eigenvalue weighted by molar-refractivity contribution is -0.117. The maximum atomic E-state index is 13.5. The molecule has 0 aliphatic carbocycles. The van der Waals surface area contributed by atoms with Gasteiger partial charge in [0.15, 0.2) is 0 Å². The molecule has 1 aliphatic rings. The van der Waals surface area contributed by atoms with E-state index in [0.717, 1.165) is 27.5 Å². The molecule has 36 heavy (non-hydrogen) atoms. The summed E-state index contributed by atoms with van der Waals surface area (Å²) in [5, 5.41) is 2.80. The van der Waals surface area contributed by atoms with Gasteiger partial charge in [0.05, 0.1) is 17.7 Å². The van der Waals surface area contributed by atoms with Crippen molar-refractivity contribution in [1.82, 2.24) is 0 Å². The molecule has 0 atom stereocenters. The first kappa shape index (κ1) is 25.2. The van der Waals surface area contributed by atoms with Crippen molar-refractivity contribution >= 4 is 38.9 Å². The normalized spacial score (nSPS) is 13.5. The molecule has 2 amide bonds. The van der Waals surface area contributed by atoms with Gasteiger partial charge in [0.2, 0.25) is 11.8 Å². The van der Waals surface area contributed by atoms with E-state index in [1.807, 2.05) is 13.8 Å². The summed E-state index contributed by atoms with van der Waals surface area (Å²) < 4.78 is 33.3. The van der Waals surface area contributed by atoms with Crippen LogP contribution in [-0.4, -0.2) is 40.4 Å². The highest BCUT2D eigenvalue weighted by molar-refractivity contribution is 7.92. The number of amides is 2. The summed E-state index contributed by atoms with van der Waals surface area (Å²) in [5.74, 6) is 0.132. The first-order chi connectivity index (χ1) is 17.2. The van der Waals surface area contributed by atoms with Crippen LogP contribution >= 0.6 is 0 Å². The molecule has 0 aromatic heterocycles. The van der Waals surface area contributed by atoms with Gasteiger partial charge >= 0.3 is 0 Å². The number of hydrogen-bond acceptors (Lipinski definition) is 5. The smallest absolute Gasteiger partial charge is 0.264 e. The van der Waals surface area contributed by atoms with E-state index in [9.17, 15) is 18.0 Å². The van der Waals surface area contributed by atoms with Crippen LogP contribution in [0.1, 0.15) is 24.0 Å². The Morgan fingerprint density at radius 3 is 2.31 bits per heavy atom. The Balaban J connectivity index is 1.58. The highest BCUT2D eigenvalue weighted by Gasteiger charge is 2.28. The molecule has 0 unspecified atom stereocenters. The van der Waals surface area contributed by atoms with Crippen LogP contribution in [0.25, 0.3) is 0 Å². The van der Waals surface area contributed by atoms with Crippen molar-refractivity contribution in [1.29, 1.82) is 0 Å². The Bertz CT molecular complexity index is 1370. The summed E-state index contributed by atoms with van der Waals surface area (Å²) in [6.07, 6.45) is 1.36. The molecule has 3 aromatic carbocycles. The molecule has 8 nitrogen and oxygen atoms in total. The van der Waals surface area contributed by atoms with E-state index in [4.69, 9.17) is 4.74 Å². The van der Waals surface area contributed by atoms with E-state index in [2.05, 4.69) is 5.32 Å². The lowest BCUT2D eigenvalue weighted by Crippen LogP contribution is -2.38. The SMILES string of the molecule is COc1ccc(S(=O)(=O)N(CC(=O)Nc2ccc(N3CCCC3=O)c(C)c2)c2ccc(C)cc2)cc1. The molecule has 0 saturated carbocycles. The van der Waals surface area contributed by atoms with Gasteiger partial charge in [-0.25, -0.2) is 8.42 Å². The highest BCUT2D eigenvalue weighted by atomic mass is 32.2. The highest BCUT2D eigenvalue weighted by Crippen LogP contribution is 2.28. The number of anilines is 3. The second-order valence-electron chi connectivity index (χ2n) is 8.72. The first-order valence-electron chi connectivity index (χ1n) is 11.6. The minimum absolute atomic E-state index is 0.0483. The van der Waals surface area contributed by atoms with Gasteiger partial charge in [-0.3, -0.25) is 13.9 Å². The number of methoxy groups -OCH3 is 1. The summed E-state index contributed by atoms with van der Waals surface area (Å²) in [6, 6.07) is 18.3. The monoisotopic (exact) mass is 507 g/mol. The van der Waals surface area contributed by atoms with E-state index in [1.165, 1.54) is 19.2 Å². The van der Waals surface area contributed by atoms with E-state index in [-0.39, 0.29) is 10.8 Å². The van der Waals surface area contributed by atoms with Crippen LogP contribution in [0, 0.1) is 13.8 Å². The van der Waals surface area contributed by atoms with Crippen molar-refractivity contribution in [2.75, 3.05) is 34.7 Å². The number of benzene rings is 3. The zero-order chi connectivity index (χ0) is 25.9. The third kappa shape index (κ3) is 5.36. The number of aryl methyl sites for hydroxylation is 2. The Labute approximate surface area is 211 Å². The standard InChI is InChI=1S/C27H29N3O5S/c1-19-6-9-22(10-7-19)30(36(33,34)24-13-11-23(35-3)12-14-24)18-26(31)28-21-8-15-25(20(2)17-21)29-16-4-5-27(29)32/h6-15,17H,4-5,16,18H2,1-3H3,(H,28,31). The predicted octanol–water partition coefficient (Wildman–Crippen LogP) is 4.27. The average molecular weight is 508 g/mol. The second kappa shape index (κ2) is 10.4. The molecule has 1 aliphatic heterocycles. The Morgan fingerprint density at radius 1 is 1.03 bits per heavy atom. The number of nitrogens with zero attached hydrogens (tertiary/aromatic N) is 2. The molecule has 1 fully saturated rings. The number of rotatable bonds is 8. The average Bonchev–Trinajstić information content (AvgIpc) is 3.28. The molecule has 188 valence electrons. The summed E-state index contributed by atoms with van der Waals surface area (Å²) >= 11 is 0. The maximum absolute atomic E-state index is 13.5. The van der Waals surface area contributed by atoms with E-state index in [0.29, 0.717) is 30.1 Å². The largest absolute Gasteiger partial charge is 0.497 e. The third-order valence-corrected chi connectivity index (χ3v) is 7.89. The van der Waals surface area contributed by atoms with Crippen LogP contribution in [-0.2, 0) is 19.6 Å². The van der Waals surface area contributed by atoms with Crippen molar-refractivity contribution in [3.05, 3.63) is 77.9 Å². The number of carbonyl (C=O) groups is 2. The van der Waals surface area contributed by atoms with Gasteiger partial charge in [0, 0.05) is 24.3 Å². The van der Waals surface area contributed by atoms with Crippen LogP contribution in [0.15, 0.2) is 71.6 Å². The molecule has 0 radical (unpaired) electrons. The van der Waals surface area contributed by atoms with Crippen LogP contribution in [0.4, 0.5) is 17.1 Å². The van der Waals surface area contributed by atoms with Gasteiger partial charge in [-0.1, -0.05) is 17.7 Å². The summed E-state index contributed by atoms with van der Waals surface area (Å²) in [5.41, 5.74) is 3.55. The molecular formula is C27H29N3O5S. The minimum Gasteiger partial charge on any atom is -0.497 e. The van der Waals surface area contributed by atoms with Gasteiger partial charge < -0.3 is 15.0 Å². The van der Waals surface area contributed by atoms with Gasteiger partial charge in [-0.05, 0) is 80.4 Å². The lowest BCUT2D eigenvalue weighted by atomic mass is 10.1. The first-order valence-corrected chi connectivity index (χ1v) is 13.1. The fourth-order valence-electron chi connectivity index (χ4n) is 4.17. The van der Waals surface area contributed by atoms with Gasteiger partial charge in [-0.15, -0.1) is 0 Å². The maximum Gasteiger partial charge on any atom is 0.264 e. The Hall–Kier alpha value is -3.85. The topological polar surface area (TPSA) is 96.0 Å². The van der Waals surface area contributed by atoms with Crippen LogP contribution in [0.5, 0.6) is 5.75 Å². The second-order valence-corrected chi connectivity index (χ2v) is 10.6. The van der Waals surface area contributed by atoms with Crippen LogP contribution in [0.2, 0.25) is 0 Å². The fourth-order valence-corrected chi connectivity index (χ4v) is 5.59. The Morgan fingerprint density at radius 2 is 1.72 bits per heavy atom. The van der Waals surface area contributed by atoms with Crippen LogP contribution < -0.4 is 19.3 Å². The molecule has 0 spiro atoms. The lowest BCUT2D eigenvalue weighted by Gasteiger charge is -2.24. The molecule has 0 bridgehead atoms. The predicted molar refractivity (Wildman–Crippen MR) is 140 cm³/mol. The van der Waals surface area contributed by atoms with E-state index < -0.39 is 22.5 Å². The van der Waals surface area contributed by atoms with Crippen molar-refractivity contribution in [2.45, 2.75) is 31.6 Å². The molecule has 3 aromatic rings. The number of sulfonamides is 1. The number of hydrogen-bond donors (Lipinski definition) is 1. The number of carbonyl (C=O) groups excluding carboxylic acids is 2. The van der Waals surface area contributed by atoms with Crippen molar-refractivity contribution < 1.29 is 22.7 Å². The Kier molecular flexibility index (Phi) is 7.30. The number of nitrogens with one attached hydrogen (secondary N) is 1.